The van der Waals surface area contributed by atoms with Crippen LogP contribution < -0.4 is 15.6 Å². The van der Waals surface area contributed by atoms with Crippen molar-refractivity contribution in [2.75, 3.05) is 13.1 Å². The Labute approximate surface area is 167 Å². The van der Waals surface area contributed by atoms with Gasteiger partial charge in [-0.15, -0.1) is 0 Å². The zero-order valence-corrected chi connectivity index (χ0v) is 15.9. The SMILES string of the molecule is C[C@@H](Oc1ccc(F)cc1)C(=O)NNC(=O)[C@H]1CCCN(C(=O)c2ccco2)C1. The molecule has 1 fully saturated rings. The molecule has 8 nitrogen and oxygen atoms in total. The van der Waals surface area contributed by atoms with Gasteiger partial charge in [0.2, 0.25) is 5.91 Å². The average Bonchev–Trinajstić information content (AvgIpc) is 3.27. The Morgan fingerprint density at radius 1 is 1.21 bits per heavy atom. The number of hydrogen-bond acceptors (Lipinski definition) is 5. The number of amides is 3. The Balaban J connectivity index is 1.47. The van der Waals surface area contributed by atoms with Gasteiger partial charge in [-0.05, 0) is 56.2 Å². The Morgan fingerprint density at radius 2 is 1.97 bits per heavy atom. The van der Waals surface area contributed by atoms with Crippen molar-refractivity contribution in [2.45, 2.75) is 25.9 Å². The van der Waals surface area contributed by atoms with Gasteiger partial charge in [-0.3, -0.25) is 25.2 Å². The van der Waals surface area contributed by atoms with E-state index in [1.54, 1.807) is 17.0 Å². The van der Waals surface area contributed by atoms with Gasteiger partial charge in [-0.1, -0.05) is 0 Å². The summed E-state index contributed by atoms with van der Waals surface area (Å²) in [5, 5.41) is 0. The van der Waals surface area contributed by atoms with E-state index in [2.05, 4.69) is 10.9 Å². The monoisotopic (exact) mass is 403 g/mol. The molecule has 2 N–H and O–H groups in total. The summed E-state index contributed by atoms with van der Waals surface area (Å²) < 4.78 is 23.4. The van der Waals surface area contributed by atoms with Crippen molar-refractivity contribution in [3.05, 3.63) is 54.2 Å². The third kappa shape index (κ3) is 5.34. The lowest BCUT2D eigenvalue weighted by Crippen LogP contribution is -2.52. The van der Waals surface area contributed by atoms with Crippen LogP contribution in [0, 0.1) is 11.7 Å². The number of rotatable bonds is 5. The molecule has 3 amide bonds. The van der Waals surface area contributed by atoms with E-state index in [4.69, 9.17) is 9.15 Å². The Hall–Kier alpha value is -3.36. The highest BCUT2D eigenvalue weighted by Crippen LogP contribution is 2.19. The number of hydrogen-bond donors (Lipinski definition) is 2. The van der Waals surface area contributed by atoms with E-state index in [1.165, 1.54) is 37.5 Å². The van der Waals surface area contributed by atoms with Gasteiger partial charge in [0.05, 0.1) is 12.2 Å². The van der Waals surface area contributed by atoms with Gasteiger partial charge >= 0.3 is 0 Å². The largest absolute Gasteiger partial charge is 0.481 e. The summed E-state index contributed by atoms with van der Waals surface area (Å²) in [4.78, 5) is 38.5. The highest BCUT2D eigenvalue weighted by Gasteiger charge is 2.30. The van der Waals surface area contributed by atoms with E-state index in [9.17, 15) is 18.8 Å². The molecule has 0 radical (unpaired) electrons. The first-order valence-electron chi connectivity index (χ1n) is 9.28. The number of carbonyl (C=O) groups excluding carboxylic acids is 3. The van der Waals surface area contributed by atoms with Crippen molar-refractivity contribution in [1.29, 1.82) is 0 Å². The molecule has 0 aliphatic carbocycles. The second-order valence-corrected chi connectivity index (χ2v) is 6.76. The highest BCUT2D eigenvalue weighted by atomic mass is 19.1. The normalized spacial score (nSPS) is 17.3. The number of nitrogens with zero attached hydrogens (tertiary/aromatic N) is 1. The molecule has 0 unspecified atom stereocenters. The van der Waals surface area contributed by atoms with Gasteiger partial charge in [0.1, 0.15) is 11.6 Å². The Kier molecular flexibility index (Phi) is 6.48. The molecule has 2 aromatic rings. The lowest BCUT2D eigenvalue weighted by molar-refractivity contribution is -0.135. The molecular weight excluding hydrogens is 381 g/mol. The lowest BCUT2D eigenvalue weighted by Gasteiger charge is -2.31. The molecule has 2 atom stereocenters. The van der Waals surface area contributed by atoms with E-state index in [1.807, 2.05) is 0 Å². The van der Waals surface area contributed by atoms with Gasteiger partial charge in [0.15, 0.2) is 11.9 Å². The van der Waals surface area contributed by atoms with Crippen LogP contribution in [0.15, 0.2) is 47.1 Å². The molecule has 3 rings (SSSR count). The van der Waals surface area contributed by atoms with Gasteiger partial charge in [-0.2, -0.15) is 0 Å². The third-order valence-corrected chi connectivity index (χ3v) is 4.62. The van der Waals surface area contributed by atoms with Crippen molar-refractivity contribution < 1.29 is 27.9 Å². The summed E-state index contributed by atoms with van der Waals surface area (Å²) in [6, 6.07) is 8.47. The van der Waals surface area contributed by atoms with E-state index in [0.717, 1.165) is 0 Å². The van der Waals surface area contributed by atoms with E-state index >= 15 is 0 Å². The molecule has 1 aromatic heterocycles. The van der Waals surface area contributed by atoms with Crippen LogP contribution in [0.4, 0.5) is 4.39 Å². The van der Waals surface area contributed by atoms with Crippen molar-refractivity contribution in [3.8, 4) is 5.75 Å². The van der Waals surface area contributed by atoms with Crippen LogP contribution in [-0.2, 0) is 9.59 Å². The first kappa shape index (κ1) is 20.4. The maximum absolute atomic E-state index is 12.9. The minimum absolute atomic E-state index is 0.228. The van der Waals surface area contributed by atoms with Crippen LogP contribution in [0.3, 0.4) is 0 Å². The van der Waals surface area contributed by atoms with E-state index in [0.29, 0.717) is 25.1 Å². The summed E-state index contributed by atoms with van der Waals surface area (Å²) in [5.74, 6) is -1.50. The first-order chi connectivity index (χ1) is 13.9. The molecule has 0 bridgehead atoms. The molecule has 0 saturated carbocycles. The van der Waals surface area contributed by atoms with Crippen LogP contribution in [0.1, 0.15) is 30.3 Å². The summed E-state index contributed by atoms with van der Waals surface area (Å²) in [5.41, 5.74) is 4.71. The molecule has 1 aromatic carbocycles. The van der Waals surface area contributed by atoms with Gasteiger partial charge in [0.25, 0.3) is 11.8 Å². The number of benzene rings is 1. The number of furan rings is 1. The summed E-state index contributed by atoms with van der Waals surface area (Å²) in [7, 11) is 0. The number of hydrazine groups is 1. The average molecular weight is 403 g/mol. The lowest BCUT2D eigenvalue weighted by atomic mass is 9.97. The molecule has 1 aliphatic rings. The number of nitrogens with one attached hydrogen (secondary N) is 2. The zero-order chi connectivity index (χ0) is 20.8. The molecule has 9 heteroatoms. The third-order valence-electron chi connectivity index (χ3n) is 4.62. The second-order valence-electron chi connectivity index (χ2n) is 6.76. The fraction of sp³-hybridized carbons (Fsp3) is 0.350. The van der Waals surface area contributed by atoms with E-state index in [-0.39, 0.29) is 24.1 Å². The Bertz CT molecular complexity index is 854. The standard InChI is InChI=1S/C20H22FN3O5/c1-13(29-16-8-6-15(21)7-9-16)18(25)22-23-19(26)14-4-2-10-24(12-14)20(27)17-5-3-11-28-17/h3,5-9,11,13-14H,2,4,10,12H2,1H3,(H,22,25)(H,23,26)/t13-,14+/m1/s1. The number of halogens is 1. The van der Waals surface area contributed by atoms with Gasteiger partial charge in [0, 0.05) is 13.1 Å². The number of carbonyl (C=O) groups is 3. The highest BCUT2D eigenvalue weighted by molar-refractivity contribution is 5.92. The molecule has 29 heavy (non-hydrogen) atoms. The fourth-order valence-corrected chi connectivity index (χ4v) is 3.03. The van der Waals surface area contributed by atoms with Crippen molar-refractivity contribution in [2.24, 2.45) is 5.92 Å². The minimum Gasteiger partial charge on any atom is -0.481 e. The molecule has 1 saturated heterocycles. The summed E-state index contributed by atoms with van der Waals surface area (Å²) in [6.07, 6.45) is 1.80. The van der Waals surface area contributed by atoms with Crippen molar-refractivity contribution >= 4 is 17.7 Å². The minimum atomic E-state index is -0.899. The topological polar surface area (TPSA) is 101 Å². The van der Waals surface area contributed by atoms with Crippen LogP contribution >= 0.6 is 0 Å². The van der Waals surface area contributed by atoms with Crippen LogP contribution in [0.2, 0.25) is 0 Å². The van der Waals surface area contributed by atoms with Crippen LogP contribution in [0.5, 0.6) is 5.75 Å². The summed E-state index contributed by atoms with van der Waals surface area (Å²) in [6.45, 7) is 2.29. The number of piperidine rings is 1. The molecular formula is C20H22FN3O5. The summed E-state index contributed by atoms with van der Waals surface area (Å²) >= 11 is 0. The predicted molar refractivity (Wildman–Crippen MR) is 100 cm³/mol. The molecule has 154 valence electrons. The van der Waals surface area contributed by atoms with Crippen molar-refractivity contribution in [1.82, 2.24) is 15.8 Å². The predicted octanol–water partition coefficient (Wildman–Crippen LogP) is 1.89. The van der Waals surface area contributed by atoms with Gasteiger partial charge in [-0.25, -0.2) is 4.39 Å². The van der Waals surface area contributed by atoms with Crippen molar-refractivity contribution in [3.63, 3.8) is 0 Å². The maximum atomic E-state index is 12.9. The smallest absolute Gasteiger partial charge is 0.289 e. The second kappa shape index (κ2) is 9.22. The maximum Gasteiger partial charge on any atom is 0.289 e. The molecule has 2 heterocycles. The van der Waals surface area contributed by atoms with E-state index < -0.39 is 23.7 Å². The quantitative estimate of drug-likeness (QED) is 0.743. The first-order valence-corrected chi connectivity index (χ1v) is 9.28. The Morgan fingerprint density at radius 3 is 2.66 bits per heavy atom. The van der Waals surface area contributed by atoms with Crippen LogP contribution in [0.25, 0.3) is 0 Å². The molecule has 1 aliphatic heterocycles. The van der Waals surface area contributed by atoms with Gasteiger partial charge < -0.3 is 14.1 Å². The molecule has 0 spiro atoms. The van der Waals surface area contributed by atoms with Crippen LogP contribution in [-0.4, -0.2) is 41.8 Å². The fourth-order valence-electron chi connectivity index (χ4n) is 3.03. The number of ether oxygens (including phenoxy) is 1. The number of likely N-dealkylation sites (tertiary alicyclic amines) is 1. The zero-order valence-electron chi connectivity index (χ0n) is 15.9.